The Morgan fingerprint density at radius 1 is 0.338 bits per heavy atom. The third kappa shape index (κ3) is 6.04. The smallest absolute Gasteiger partial charge is 0.156 e. The molecule has 0 amide bonds. The Bertz CT molecular complexity index is 4310. The van der Waals surface area contributed by atoms with Gasteiger partial charge in [-0.3, -0.25) is 9.13 Å². The number of fused-ring (bicyclic) bond motifs is 12. The summed E-state index contributed by atoms with van der Waals surface area (Å²) in [6.45, 7) is 8.79. The minimum absolute atomic E-state index is 0.919. The van der Waals surface area contributed by atoms with Crippen molar-refractivity contribution >= 4 is 118 Å². The van der Waals surface area contributed by atoms with Crippen LogP contribution in [0.3, 0.4) is 0 Å². The monoisotopic (exact) mass is 966 g/mol. The maximum Gasteiger partial charge on any atom is 0.156 e. The molecule has 0 aliphatic rings. The first-order valence-corrected chi connectivity index (χ1v) is 26.4. The maximum absolute atomic E-state index is 5.16. The minimum Gasteiger partial charge on any atom is -0.302 e. The molecule has 0 atom stereocenters. The Balaban J connectivity index is 0.784. The van der Waals surface area contributed by atoms with Crippen molar-refractivity contribution in [2.45, 2.75) is 27.7 Å². The van der Waals surface area contributed by atoms with Crippen LogP contribution in [0.15, 0.2) is 182 Å². The SMILES string of the molecule is Cc1c(-c2ccc3sc4ccc(-n5cc(-n6c7ccccc7c7ccccc76)nc5C)cc4c3c2)sc(-c2ccc3sc4ccc(-n5cc(-n6c7ccccc7c7ccccc76)nc5C)cc4c3c2)c1C. The fourth-order valence-electron chi connectivity index (χ4n) is 11.3. The third-order valence-electron chi connectivity index (χ3n) is 14.8. The molecule has 7 heterocycles. The first-order chi connectivity index (χ1) is 34.8. The topological polar surface area (TPSA) is 45.5 Å². The van der Waals surface area contributed by atoms with E-state index in [2.05, 4.69) is 228 Å². The molecule has 0 fully saturated rings. The molecule has 0 saturated carbocycles. The molecular formula is C62H42N6S3. The zero-order valence-electron chi connectivity index (χ0n) is 39.2. The van der Waals surface area contributed by atoms with Crippen molar-refractivity contribution in [1.29, 1.82) is 0 Å². The lowest BCUT2D eigenvalue weighted by Gasteiger charge is -2.06. The number of hydrogen-bond acceptors (Lipinski definition) is 5. The number of imidazole rings is 2. The lowest BCUT2D eigenvalue weighted by Crippen LogP contribution is -1.95. The summed E-state index contributed by atoms with van der Waals surface area (Å²) in [5, 5.41) is 10.1. The highest BCUT2D eigenvalue weighted by molar-refractivity contribution is 7.26. The number of para-hydroxylation sites is 4. The van der Waals surface area contributed by atoms with E-state index >= 15 is 0 Å². The fourth-order valence-corrected chi connectivity index (χ4v) is 14.7. The lowest BCUT2D eigenvalue weighted by atomic mass is 10.0. The molecule has 0 unspecified atom stereocenters. The second-order valence-electron chi connectivity index (χ2n) is 18.8. The highest BCUT2D eigenvalue weighted by atomic mass is 32.1. The van der Waals surface area contributed by atoms with Gasteiger partial charge < -0.3 is 9.13 Å². The molecule has 71 heavy (non-hydrogen) atoms. The van der Waals surface area contributed by atoms with Crippen LogP contribution < -0.4 is 0 Å². The van der Waals surface area contributed by atoms with Crippen molar-refractivity contribution in [3.05, 3.63) is 205 Å². The van der Waals surface area contributed by atoms with Crippen molar-refractivity contribution < 1.29 is 0 Å². The molecule has 7 aromatic heterocycles. The molecule has 0 bridgehead atoms. The fraction of sp³-hybridized carbons (Fsp3) is 0.0645. The van der Waals surface area contributed by atoms with Crippen molar-refractivity contribution in [3.63, 3.8) is 0 Å². The Hall–Kier alpha value is -8.08. The number of rotatable bonds is 6. The van der Waals surface area contributed by atoms with Crippen LogP contribution in [0.5, 0.6) is 0 Å². The molecule has 0 aliphatic carbocycles. The standard InChI is InChI=1S/C62H42N6S3/c1-35-36(2)62(40-22-26-56-48(30-40)50-32-42(24-28-58(50)70-56)66-34-60(64-38(66)4)68-53-19-11-7-15-45(53)46-16-8-12-20-54(46)68)71-61(35)39-21-25-55-47(29-39)49-31-41(23-27-57(49)69-55)65-33-59(63-37(65)3)67-51-17-9-5-13-43(51)44-14-6-10-18-52(44)67/h5-34H,1-4H3. The number of nitrogens with zero attached hydrogens (tertiary/aromatic N) is 6. The Morgan fingerprint density at radius 3 is 1.06 bits per heavy atom. The van der Waals surface area contributed by atoms with Crippen LogP contribution in [0.2, 0.25) is 0 Å². The van der Waals surface area contributed by atoms with E-state index < -0.39 is 0 Å². The van der Waals surface area contributed by atoms with E-state index in [1.807, 2.05) is 34.0 Å². The average Bonchev–Trinajstić information content (AvgIpc) is 4.28. The molecule has 8 aromatic carbocycles. The van der Waals surface area contributed by atoms with Crippen molar-refractivity contribution in [1.82, 2.24) is 28.2 Å². The van der Waals surface area contributed by atoms with Crippen LogP contribution >= 0.6 is 34.0 Å². The van der Waals surface area contributed by atoms with Gasteiger partial charge in [-0.15, -0.1) is 34.0 Å². The Kier molecular flexibility index (Phi) is 8.73. The normalized spacial score (nSPS) is 12.2. The molecule has 15 aromatic rings. The van der Waals surface area contributed by atoms with Gasteiger partial charge in [-0.25, -0.2) is 9.97 Å². The van der Waals surface area contributed by atoms with Crippen molar-refractivity contribution in [3.8, 4) is 43.9 Å². The van der Waals surface area contributed by atoms with Gasteiger partial charge >= 0.3 is 0 Å². The lowest BCUT2D eigenvalue weighted by molar-refractivity contribution is 0.975. The highest BCUT2D eigenvalue weighted by Gasteiger charge is 2.21. The predicted molar refractivity (Wildman–Crippen MR) is 303 cm³/mol. The molecule has 0 spiro atoms. The Morgan fingerprint density at radius 2 is 0.676 bits per heavy atom. The molecular weight excluding hydrogens is 925 g/mol. The second kappa shape index (κ2) is 15.2. The second-order valence-corrected chi connectivity index (χ2v) is 22.0. The van der Waals surface area contributed by atoms with Crippen molar-refractivity contribution in [2.75, 3.05) is 0 Å². The van der Waals surface area contributed by atoms with Gasteiger partial charge in [0.1, 0.15) is 11.6 Å². The average molecular weight is 967 g/mol. The van der Waals surface area contributed by atoms with Gasteiger partial charge in [0.05, 0.1) is 34.5 Å². The van der Waals surface area contributed by atoms with E-state index in [-0.39, 0.29) is 0 Å². The molecule has 338 valence electrons. The summed E-state index contributed by atoms with van der Waals surface area (Å²) in [4.78, 5) is 13.0. The van der Waals surface area contributed by atoms with Gasteiger partial charge in [-0.2, -0.15) is 0 Å². The molecule has 9 heteroatoms. The molecule has 6 nitrogen and oxygen atoms in total. The number of thiophene rings is 3. The molecule has 0 radical (unpaired) electrons. The van der Waals surface area contributed by atoms with Gasteiger partial charge in [-0.05, 0) is 135 Å². The summed E-state index contributed by atoms with van der Waals surface area (Å²) in [6.07, 6.45) is 4.38. The highest BCUT2D eigenvalue weighted by Crippen LogP contribution is 2.46. The van der Waals surface area contributed by atoms with E-state index in [1.165, 1.54) is 93.9 Å². The van der Waals surface area contributed by atoms with Gasteiger partial charge in [0.25, 0.3) is 0 Å². The molecule has 15 rings (SSSR count). The van der Waals surface area contributed by atoms with E-state index in [1.54, 1.807) is 0 Å². The number of aromatic nitrogens is 6. The van der Waals surface area contributed by atoms with Gasteiger partial charge in [0, 0.05) is 83.0 Å². The van der Waals surface area contributed by atoms with Gasteiger partial charge in [-0.1, -0.05) is 84.9 Å². The molecule has 0 aliphatic heterocycles. The van der Waals surface area contributed by atoms with Crippen LogP contribution in [0.1, 0.15) is 22.8 Å². The molecule has 0 saturated heterocycles. The third-order valence-corrected chi connectivity index (χ3v) is 18.6. The molecule has 0 N–H and O–H groups in total. The van der Waals surface area contributed by atoms with E-state index in [0.717, 1.165) is 56.7 Å². The van der Waals surface area contributed by atoms with Crippen molar-refractivity contribution in [2.24, 2.45) is 0 Å². The quantitative estimate of drug-likeness (QED) is 0.167. The number of aryl methyl sites for hydroxylation is 2. The summed E-state index contributed by atoms with van der Waals surface area (Å²) < 4.78 is 14.2. The number of hydrogen-bond donors (Lipinski definition) is 0. The first kappa shape index (κ1) is 40.8. The van der Waals surface area contributed by atoms with E-state index in [9.17, 15) is 0 Å². The van der Waals surface area contributed by atoms with Gasteiger partial charge in [0.2, 0.25) is 0 Å². The van der Waals surface area contributed by atoms with Gasteiger partial charge in [0.15, 0.2) is 11.6 Å². The summed E-state index contributed by atoms with van der Waals surface area (Å²) >= 11 is 5.64. The van der Waals surface area contributed by atoms with E-state index in [0.29, 0.717) is 0 Å². The summed E-state index contributed by atoms with van der Waals surface area (Å²) in [5.41, 5.74) is 12.1. The minimum atomic E-state index is 0.919. The van der Waals surface area contributed by atoms with Crippen LogP contribution in [-0.2, 0) is 0 Å². The summed E-state index contributed by atoms with van der Waals surface area (Å²) in [5.74, 6) is 3.74. The van der Waals surface area contributed by atoms with Crippen LogP contribution in [0.4, 0.5) is 0 Å². The predicted octanol–water partition coefficient (Wildman–Crippen LogP) is 17.6. The number of benzene rings is 8. The van der Waals surface area contributed by atoms with Crippen LogP contribution in [0.25, 0.3) is 128 Å². The largest absolute Gasteiger partial charge is 0.302 e. The first-order valence-electron chi connectivity index (χ1n) is 24.0. The summed E-state index contributed by atoms with van der Waals surface area (Å²) in [7, 11) is 0. The summed E-state index contributed by atoms with van der Waals surface area (Å²) in [6, 6.07) is 62.3. The zero-order chi connectivity index (χ0) is 47.2. The van der Waals surface area contributed by atoms with E-state index in [4.69, 9.17) is 9.97 Å². The van der Waals surface area contributed by atoms with Crippen LogP contribution in [-0.4, -0.2) is 28.2 Å². The van der Waals surface area contributed by atoms with Crippen LogP contribution in [0, 0.1) is 27.7 Å². The zero-order valence-corrected chi connectivity index (χ0v) is 41.7. The Labute approximate surface area is 420 Å². The maximum atomic E-state index is 5.16.